The molecule has 1 unspecified atom stereocenters. The van der Waals surface area contributed by atoms with Crippen molar-refractivity contribution in [2.24, 2.45) is 11.8 Å². The normalized spacial score (nSPS) is 28.2. The predicted molar refractivity (Wildman–Crippen MR) is 84.5 cm³/mol. The van der Waals surface area contributed by atoms with Crippen molar-refractivity contribution in [2.45, 2.75) is 45.5 Å². The fourth-order valence-corrected chi connectivity index (χ4v) is 3.19. The summed E-state index contributed by atoms with van der Waals surface area (Å²) in [6.45, 7) is 9.30. The molecule has 0 bridgehead atoms. The van der Waals surface area contributed by atoms with Crippen LogP contribution in [-0.4, -0.2) is 35.8 Å². The number of piperidine rings is 1. The Bertz CT molecular complexity index is 525. The van der Waals surface area contributed by atoms with E-state index in [1.807, 2.05) is 43.9 Å². The monoisotopic (exact) mass is 303 g/mol. The molecule has 1 amide bonds. The molecule has 120 valence electrons. The van der Waals surface area contributed by atoms with Gasteiger partial charge in [-0.15, -0.1) is 0 Å². The van der Waals surface area contributed by atoms with Crippen LogP contribution in [0, 0.1) is 11.8 Å². The highest BCUT2D eigenvalue weighted by Crippen LogP contribution is 2.49. The third-order valence-corrected chi connectivity index (χ3v) is 4.40. The molecule has 4 nitrogen and oxygen atoms in total. The molecular weight excluding hydrogens is 278 g/mol. The van der Waals surface area contributed by atoms with E-state index in [1.165, 1.54) is 5.56 Å². The lowest BCUT2D eigenvalue weighted by Crippen LogP contribution is -2.37. The van der Waals surface area contributed by atoms with Crippen molar-refractivity contribution in [3.05, 3.63) is 35.9 Å². The zero-order chi connectivity index (χ0) is 15.9. The van der Waals surface area contributed by atoms with Gasteiger partial charge in [0.05, 0.1) is 12.2 Å². The number of carbonyl (C=O) groups excluding carboxylic acids is 1. The van der Waals surface area contributed by atoms with Gasteiger partial charge in [-0.25, -0.2) is 4.79 Å². The molecule has 1 aliphatic heterocycles. The van der Waals surface area contributed by atoms with Crippen molar-refractivity contribution in [1.82, 2.24) is 4.90 Å². The Kier molecular flexibility index (Phi) is 3.89. The van der Waals surface area contributed by atoms with Crippen molar-refractivity contribution in [3.63, 3.8) is 0 Å². The molecule has 0 spiro atoms. The first-order valence-corrected chi connectivity index (χ1v) is 8.03. The molecule has 3 rings (SSSR count). The van der Waals surface area contributed by atoms with E-state index in [0.29, 0.717) is 11.8 Å². The third kappa shape index (κ3) is 3.27. The van der Waals surface area contributed by atoms with Gasteiger partial charge in [0.15, 0.2) is 0 Å². The maximum absolute atomic E-state index is 12.0. The second-order valence-electron chi connectivity index (χ2n) is 7.37. The van der Waals surface area contributed by atoms with Crippen molar-refractivity contribution >= 4 is 6.09 Å². The Balaban J connectivity index is 1.48. The molecule has 0 aromatic heterocycles. The predicted octanol–water partition coefficient (Wildman–Crippen LogP) is 3.63. The Morgan fingerprint density at radius 2 is 1.77 bits per heavy atom. The first-order valence-electron chi connectivity index (χ1n) is 8.03. The summed E-state index contributed by atoms with van der Waals surface area (Å²) in [7, 11) is 0. The first-order chi connectivity index (χ1) is 10.3. The highest BCUT2D eigenvalue weighted by atomic mass is 16.6. The fraction of sp³-hybridized carbons (Fsp3) is 0.611. The molecule has 1 aromatic carbocycles. The van der Waals surface area contributed by atoms with Crippen molar-refractivity contribution in [1.29, 1.82) is 0 Å². The molecule has 4 heteroatoms. The number of benzene rings is 1. The van der Waals surface area contributed by atoms with Gasteiger partial charge in [0, 0.05) is 24.9 Å². The number of likely N-dealkylation sites (tertiary alicyclic amines) is 1. The van der Waals surface area contributed by atoms with Crippen LogP contribution in [0.15, 0.2) is 30.3 Å². The van der Waals surface area contributed by atoms with Crippen LogP contribution in [0.25, 0.3) is 0 Å². The van der Waals surface area contributed by atoms with Crippen LogP contribution in [0.3, 0.4) is 0 Å². The summed E-state index contributed by atoms with van der Waals surface area (Å²) in [5.41, 5.74) is 0.776. The number of carbonyl (C=O) groups is 1. The van der Waals surface area contributed by atoms with Crippen LogP contribution in [0.2, 0.25) is 0 Å². The lowest BCUT2D eigenvalue weighted by atomic mass is 10.1. The molecule has 0 radical (unpaired) electrons. The Morgan fingerprint density at radius 1 is 1.18 bits per heavy atom. The number of ether oxygens (including phenoxy) is 2. The largest absolute Gasteiger partial charge is 0.444 e. The molecule has 1 saturated heterocycles. The molecule has 1 heterocycles. The zero-order valence-electron chi connectivity index (χ0n) is 13.8. The van der Waals surface area contributed by atoms with Crippen LogP contribution >= 0.6 is 0 Å². The van der Waals surface area contributed by atoms with E-state index in [-0.39, 0.29) is 18.3 Å². The Morgan fingerprint density at radius 3 is 2.32 bits per heavy atom. The van der Waals surface area contributed by atoms with Crippen LogP contribution in [-0.2, 0) is 9.47 Å². The second-order valence-corrected chi connectivity index (χ2v) is 7.37. The lowest BCUT2D eigenvalue weighted by molar-refractivity contribution is 0.00795. The topological polar surface area (TPSA) is 38.8 Å². The molecule has 22 heavy (non-hydrogen) atoms. The van der Waals surface area contributed by atoms with Crippen molar-refractivity contribution < 1.29 is 14.3 Å². The molecular formula is C18H25NO3. The van der Waals surface area contributed by atoms with E-state index in [0.717, 1.165) is 13.1 Å². The number of nitrogens with zero attached hydrogens (tertiary/aromatic N) is 1. The van der Waals surface area contributed by atoms with E-state index in [4.69, 9.17) is 9.47 Å². The van der Waals surface area contributed by atoms with Gasteiger partial charge in [-0.2, -0.15) is 0 Å². The SMILES string of the molecule is CC(O[C@H]1[C@@H]2CN(C(=O)OC(C)(C)C)C[C@@H]21)c1ccccc1. The minimum atomic E-state index is -0.429. The molecule has 0 N–H and O–H groups in total. The number of fused-ring (bicyclic) bond motifs is 1. The summed E-state index contributed by atoms with van der Waals surface area (Å²) in [5, 5.41) is 0. The van der Waals surface area contributed by atoms with Gasteiger partial charge < -0.3 is 14.4 Å². The van der Waals surface area contributed by atoms with E-state index < -0.39 is 5.60 Å². The number of rotatable bonds is 3. The molecule has 2 aliphatic rings. The summed E-state index contributed by atoms with van der Waals surface area (Å²) in [4.78, 5) is 13.9. The molecule has 2 fully saturated rings. The number of hydrogen-bond acceptors (Lipinski definition) is 3. The minimum Gasteiger partial charge on any atom is -0.444 e. The number of amides is 1. The Labute approximate surface area is 132 Å². The second kappa shape index (κ2) is 5.58. The number of hydrogen-bond donors (Lipinski definition) is 0. The van der Waals surface area contributed by atoms with Crippen LogP contribution < -0.4 is 0 Å². The zero-order valence-corrected chi connectivity index (χ0v) is 13.8. The average molecular weight is 303 g/mol. The van der Waals surface area contributed by atoms with Gasteiger partial charge >= 0.3 is 6.09 Å². The molecule has 1 aliphatic carbocycles. The summed E-state index contributed by atoms with van der Waals surface area (Å²) < 4.78 is 11.6. The van der Waals surface area contributed by atoms with Gasteiger partial charge in [0.1, 0.15) is 5.60 Å². The molecule has 1 aromatic rings. The Hall–Kier alpha value is -1.55. The maximum atomic E-state index is 12.0. The first kappa shape index (κ1) is 15.3. The van der Waals surface area contributed by atoms with Crippen molar-refractivity contribution in [3.8, 4) is 0 Å². The highest BCUT2D eigenvalue weighted by Gasteiger charge is 2.58. The van der Waals surface area contributed by atoms with E-state index in [2.05, 4.69) is 19.1 Å². The minimum absolute atomic E-state index is 0.103. The van der Waals surface area contributed by atoms with Gasteiger partial charge in [-0.3, -0.25) is 0 Å². The van der Waals surface area contributed by atoms with Gasteiger partial charge in [0.2, 0.25) is 0 Å². The van der Waals surface area contributed by atoms with Crippen LogP contribution in [0.4, 0.5) is 4.79 Å². The smallest absolute Gasteiger partial charge is 0.410 e. The quantitative estimate of drug-likeness (QED) is 0.856. The van der Waals surface area contributed by atoms with E-state index in [9.17, 15) is 4.79 Å². The standard InChI is InChI=1S/C18H25NO3/c1-12(13-8-6-5-7-9-13)21-16-14-10-19(11-15(14)16)17(20)22-18(2,3)4/h5-9,12,14-16H,10-11H2,1-4H3/t12?,14-,15+,16+. The summed E-state index contributed by atoms with van der Waals surface area (Å²) in [5.74, 6) is 0.942. The van der Waals surface area contributed by atoms with Gasteiger partial charge in [-0.1, -0.05) is 30.3 Å². The molecule has 1 saturated carbocycles. The van der Waals surface area contributed by atoms with Gasteiger partial charge in [0.25, 0.3) is 0 Å². The van der Waals surface area contributed by atoms with Gasteiger partial charge in [-0.05, 0) is 33.3 Å². The molecule has 4 atom stereocenters. The summed E-state index contributed by atoms with van der Waals surface area (Å²) >= 11 is 0. The van der Waals surface area contributed by atoms with Crippen molar-refractivity contribution in [2.75, 3.05) is 13.1 Å². The van der Waals surface area contributed by atoms with Crippen LogP contribution in [0.5, 0.6) is 0 Å². The summed E-state index contributed by atoms with van der Waals surface area (Å²) in [6, 6.07) is 10.3. The average Bonchev–Trinajstić information content (AvgIpc) is 2.90. The highest BCUT2D eigenvalue weighted by molar-refractivity contribution is 5.69. The van der Waals surface area contributed by atoms with E-state index >= 15 is 0 Å². The van der Waals surface area contributed by atoms with E-state index in [1.54, 1.807) is 0 Å². The van der Waals surface area contributed by atoms with Crippen LogP contribution in [0.1, 0.15) is 39.4 Å². The fourth-order valence-electron chi connectivity index (χ4n) is 3.19. The lowest BCUT2D eigenvalue weighted by Gasteiger charge is -2.26. The third-order valence-electron chi connectivity index (χ3n) is 4.40. The summed E-state index contributed by atoms with van der Waals surface area (Å²) in [6.07, 6.45) is 0.190. The maximum Gasteiger partial charge on any atom is 0.410 e.